The highest BCUT2D eigenvalue weighted by molar-refractivity contribution is 7.99. The second-order valence-electron chi connectivity index (χ2n) is 5.40. The Morgan fingerprint density at radius 2 is 2.30 bits per heavy atom. The van der Waals surface area contributed by atoms with E-state index in [-0.39, 0.29) is 0 Å². The summed E-state index contributed by atoms with van der Waals surface area (Å²) < 4.78 is 4.34. The second-order valence-corrected chi connectivity index (χ2v) is 6.81. The Balaban J connectivity index is 2.13. The number of halogens is 1. The normalized spacial score (nSPS) is 19.9. The highest BCUT2D eigenvalue weighted by Crippen LogP contribution is 2.32. The maximum Gasteiger partial charge on any atom is 0.159 e. The van der Waals surface area contributed by atoms with Crippen LogP contribution in [0, 0.1) is 0 Å². The monoisotopic (exact) mass is 312 g/mol. The molecule has 1 aliphatic heterocycles. The van der Waals surface area contributed by atoms with Crippen molar-refractivity contribution in [2.45, 2.75) is 44.5 Å². The maximum atomic E-state index is 6.14. The Bertz CT molecular complexity index is 598. The molecule has 1 unspecified atom stereocenters. The molecule has 1 aliphatic rings. The zero-order chi connectivity index (χ0) is 14.1. The van der Waals surface area contributed by atoms with Crippen LogP contribution >= 0.6 is 23.4 Å². The largest absolute Gasteiger partial charge is 0.308 e. The predicted octanol–water partition coefficient (Wildman–Crippen LogP) is 3.53. The van der Waals surface area contributed by atoms with Crippen LogP contribution < -0.4 is 0 Å². The first kappa shape index (κ1) is 14.3. The fourth-order valence-corrected chi connectivity index (χ4v) is 4.37. The van der Waals surface area contributed by atoms with Crippen LogP contribution in [0.4, 0.5) is 0 Å². The molecule has 1 fully saturated rings. The zero-order valence-electron chi connectivity index (χ0n) is 12.1. The molecular weight excluding hydrogens is 292 g/mol. The maximum absolute atomic E-state index is 6.14. The molecule has 0 spiro atoms. The Hall–Kier alpha value is -0.680. The van der Waals surface area contributed by atoms with E-state index in [4.69, 9.17) is 16.6 Å². The van der Waals surface area contributed by atoms with Crippen LogP contribution in [0.15, 0.2) is 0 Å². The molecule has 0 aromatic carbocycles. The van der Waals surface area contributed by atoms with Gasteiger partial charge in [0.1, 0.15) is 11.3 Å². The summed E-state index contributed by atoms with van der Waals surface area (Å²) in [6, 6.07) is 0.511. The number of nitrogens with zero attached hydrogens (tertiary/aromatic N) is 4. The fourth-order valence-electron chi connectivity index (χ4n) is 3.06. The van der Waals surface area contributed by atoms with Gasteiger partial charge in [0.2, 0.25) is 0 Å². The van der Waals surface area contributed by atoms with Crippen LogP contribution in [-0.4, -0.2) is 30.8 Å². The van der Waals surface area contributed by atoms with Crippen molar-refractivity contribution >= 4 is 34.5 Å². The van der Waals surface area contributed by atoms with Gasteiger partial charge in [-0.2, -0.15) is 16.9 Å². The molecule has 2 aromatic rings. The molecule has 0 radical (unpaired) electrons. The highest BCUT2D eigenvalue weighted by Gasteiger charge is 2.25. The van der Waals surface area contributed by atoms with E-state index < -0.39 is 0 Å². The second kappa shape index (κ2) is 5.98. The number of alkyl halides is 1. The molecule has 1 saturated heterocycles. The average Bonchev–Trinajstić information content (AvgIpc) is 2.99. The van der Waals surface area contributed by atoms with Gasteiger partial charge in [-0.25, -0.2) is 4.98 Å². The van der Waals surface area contributed by atoms with Crippen LogP contribution in [0.25, 0.3) is 11.2 Å². The van der Waals surface area contributed by atoms with Gasteiger partial charge >= 0.3 is 0 Å². The first-order chi connectivity index (χ1) is 9.76. The summed E-state index contributed by atoms with van der Waals surface area (Å²) in [5.41, 5.74) is 3.32. The number of fused-ring (bicyclic) bond motifs is 1. The summed E-state index contributed by atoms with van der Waals surface area (Å²) in [6.07, 6.45) is 4.57. The summed E-state index contributed by atoms with van der Waals surface area (Å²) in [7, 11) is 2.02. The smallest absolute Gasteiger partial charge is 0.159 e. The molecule has 4 nitrogen and oxygen atoms in total. The number of aryl methyl sites for hydroxylation is 2. The summed E-state index contributed by atoms with van der Waals surface area (Å²) in [5, 5.41) is 4.65. The van der Waals surface area contributed by atoms with Crippen LogP contribution in [0.2, 0.25) is 0 Å². The Morgan fingerprint density at radius 3 is 2.95 bits per heavy atom. The van der Waals surface area contributed by atoms with Crippen molar-refractivity contribution in [3.05, 3.63) is 11.5 Å². The number of rotatable bonds is 4. The van der Waals surface area contributed by atoms with Crippen LogP contribution in [0.1, 0.15) is 43.7 Å². The molecule has 0 N–H and O–H groups in total. The van der Waals surface area contributed by atoms with Gasteiger partial charge in [0.25, 0.3) is 0 Å². The standard InChI is InChI=1S/C14H21ClN4S/c1-3-5-11-13-14(18(2)17-11)19(12(8-15)16-13)10-6-4-7-20-9-10/h10H,3-9H2,1-2H3. The first-order valence-electron chi connectivity index (χ1n) is 7.32. The number of hydrogen-bond donors (Lipinski definition) is 0. The van der Waals surface area contributed by atoms with E-state index in [1.165, 1.54) is 18.6 Å². The third-order valence-electron chi connectivity index (χ3n) is 3.92. The van der Waals surface area contributed by atoms with Crippen molar-refractivity contribution < 1.29 is 0 Å². The van der Waals surface area contributed by atoms with E-state index >= 15 is 0 Å². The molecule has 0 aliphatic carbocycles. The Morgan fingerprint density at radius 1 is 1.45 bits per heavy atom. The van der Waals surface area contributed by atoms with Crippen molar-refractivity contribution in [1.29, 1.82) is 0 Å². The van der Waals surface area contributed by atoms with Crippen molar-refractivity contribution in [3.8, 4) is 0 Å². The molecule has 0 bridgehead atoms. The van der Waals surface area contributed by atoms with Gasteiger partial charge in [-0.05, 0) is 25.0 Å². The molecule has 3 heterocycles. The molecule has 20 heavy (non-hydrogen) atoms. The van der Waals surface area contributed by atoms with Crippen LogP contribution in [0.5, 0.6) is 0 Å². The number of hydrogen-bond acceptors (Lipinski definition) is 3. The molecule has 2 aromatic heterocycles. The third-order valence-corrected chi connectivity index (χ3v) is 5.35. The summed E-state index contributed by atoms with van der Waals surface area (Å²) >= 11 is 8.17. The van der Waals surface area contributed by atoms with Gasteiger partial charge in [0.15, 0.2) is 5.65 Å². The van der Waals surface area contributed by atoms with Crippen LogP contribution in [0.3, 0.4) is 0 Å². The molecule has 110 valence electrons. The zero-order valence-corrected chi connectivity index (χ0v) is 13.7. The lowest BCUT2D eigenvalue weighted by molar-refractivity contribution is 0.490. The van der Waals surface area contributed by atoms with Crippen LogP contribution in [-0.2, 0) is 19.3 Å². The van der Waals surface area contributed by atoms with Crippen molar-refractivity contribution in [1.82, 2.24) is 19.3 Å². The fraction of sp³-hybridized carbons (Fsp3) is 0.714. The molecule has 0 amide bonds. The van der Waals surface area contributed by atoms with Crippen molar-refractivity contribution in [3.63, 3.8) is 0 Å². The van der Waals surface area contributed by atoms with Gasteiger partial charge in [0.05, 0.1) is 11.6 Å². The Kier molecular flexibility index (Phi) is 4.26. The molecule has 3 rings (SSSR count). The van der Waals surface area contributed by atoms with Gasteiger partial charge in [-0.3, -0.25) is 4.68 Å². The SMILES string of the molecule is CCCc1nn(C)c2c1nc(CCl)n2C1CCCSC1. The van der Waals surface area contributed by atoms with Crippen molar-refractivity contribution in [2.24, 2.45) is 7.05 Å². The molecule has 6 heteroatoms. The van der Waals surface area contributed by atoms with E-state index in [1.807, 2.05) is 23.5 Å². The lowest BCUT2D eigenvalue weighted by atomic mass is 10.2. The minimum atomic E-state index is 0.474. The van der Waals surface area contributed by atoms with Gasteiger partial charge in [0, 0.05) is 18.8 Å². The molecule has 0 saturated carbocycles. The minimum absolute atomic E-state index is 0.474. The van der Waals surface area contributed by atoms with E-state index in [0.29, 0.717) is 11.9 Å². The topological polar surface area (TPSA) is 35.6 Å². The summed E-state index contributed by atoms with van der Waals surface area (Å²) in [4.78, 5) is 4.78. The van der Waals surface area contributed by atoms with E-state index in [9.17, 15) is 0 Å². The van der Waals surface area contributed by atoms with Crippen molar-refractivity contribution in [2.75, 3.05) is 11.5 Å². The molecular formula is C14H21ClN4S. The lowest BCUT2D eigenvalue weighted by Gasteiger charge is -2.24. The number of thioether (sulfide) groups is 1. The van der Waals surface area contributed by atoms with E-state index in [2.05, 4.69) is 16.6 Å². The molecule has 1 atom stereocenters. The number of aromatic nitrogens is 4. The highest BCUT2D eigenvalue weighted by atomic mass is 35.5. The summed E-state index contributed by atoms with van der Waals surface area (Å²) in [5.74, 6) is 3.90. The van der Waals surface area contributed by atoms with Gasteiger partial charge in [-0.15, -0.1) is 11.6 Å². The van der Waals surface area contributed by atoms with E-state index in [0.717, 1.165) is 41.3 Å². The quantitative estimate of drug-likeness (QED) is 0.810. The van der Waals surface area contributed by atoms with Gasteiger partial charge < -0.3 is 4.57 Å². The first-order valence-corrected chi connectivity index (χ1v) is 9.01. The lowest BCUT2D eigenvalue weighted by Crippen LogP contribution is -2.19. The average molecular weight is 313 g/mol. The third kappa shape index (κ3) is 2.35. The minimum Gasteiger partial charge on any atom is -0.308 e. The predicted molar refractivity (Wildman–Crippen MR) is 85.6 cm³/mol. The number of imidazole rings is 1. The van der Waals surface area contributed by atoms with Gasteiger partial charge in [-0.1, -0.05) is 13.3 Å². The summed E-state index contributed by atoms with van der Waals surface area (Å²) in [6.45, 7) is 2.18. The Labute approximate surface area is 128 Å². The van der Waals surface area contributed by atoms with E-state index in [1.54, 1.807) is 0 Å².